The van der Waals surface area contributed by atoms with E-state index < -0.39 is 11.4 Å². The molecule has 0 aliphatic carbocycles. The number of rotatable bonds is 3. The minimum atomic E-state index is -0.722. The van der Waals surface area contributed by atoms with Gasteiger partial charge >= 0.3 is 5.97 Å². The van der Waals surface area contributed by atoms with Crippen LogP contribution in [0.4, 0.5) is 0 Å². The van der Waals surface area contributed by atoms with Crippen molar-refractivity contribution < 1.29 is 19.0 Å². The van der Waals surface area contributed by atoms with Gasteiger partial charge in [-0.2, -0.15) is 0 Å². The van der Waals surface area contributed by atoms with Crippen molar-refractivity contribution in [2.24, 2.45) is 5.92 Å². The zero-order valence-electron chi connectivity index (χ0n) is 11.3. The Balaban J connectivity index is 2.63. The van der Waals surface area contributed by atoms with Gasteiger partial charge in [0.15, 0.2) is 5.79 Å². The van der Waals surface area contributed by atoms with Crippen LogP contribution in [0.15, 0.2) is 0 Å². The molecule has 17 heavy (non-hydrogen) atoms. The van der Waals surface area contributed by atoms with Gasteiger partial charge in [-0.25, -0.2) is 0 Å². The number of nitrogens with one attached hydrogen (secondary N) is 1. The Morgan fingerprint density at radius 2 is 1.88 bits per heavy atom. The average molecular weight is 245 g/mol. The SMILES string of the molecule is COC1(OC)CNCC(C(=O)OC(C)(C)C)C1. The molecule has 1 atom stereocenters. The first kappa shape index (κ1) is 14.4. The Kier molecular flexibility index (Phi) is 4.52. The van der Waals surface area contributed by atoms with Crippen molar-refractivity contribution in [3.8, 4) is 0 Å². The number of hydrogen-bond donors (Lipinski definition) is 1. The van der Waals surface area contributed by atoms with Gasteiger partial charge in [0.2, 0.25) is 0 Å². The fourth-order valence-electron chi connectivity index (χ4n) is 1.90. The van der Waals surface area contributed by atoms with Gasteiger partial charge in [0, 0.05) is 33.7 Å². The van der Waals surface area contributed by atoms with E-state index in [2.05, 4.69) is 5.32 Å². The van der Waals surface area contributed by atoms with Gasteiger partial charge < -0.3 is 19.5 Å². The van der Waals surface area contributed by atoms with Crippen LogP contribution in [-0.2, 0) is 19.0 Å². The Morgan fingerprint density at radius 1 is 1.29 bits per heavy atom. The highest BCUT2D eigenvalue weighted by molar-refractivity contribution is 5.73. The summed E-state index contributed by atoms with van der Waals surface area (Å²) < 4.78 is 16.1. The van der Waals surface area contributed by atoms with Crippen LogP contribution in [0.5, 0.6) is 0 Å². The van der Waals surface area contributed by atoms with E-state index >= 15 is 0 Å². The predicted molar refractivity (Wildman–Crippen MR) is 63.6 cm³/mol. The van der Waals surface area contributed by atoms with Gasteiger partial charge in [0.25, 0.3) is 0 Å². The molecule has 0 spiro atoms. The third kappa shape index (κ3) is 3.94. The number of piperidine rings is 1. The van der Waals surface area contributed by atoms with Crippen LogP contribution >= 0.6 is 0 Å². The first-order valence-corrected chi connectivity index (χ1v) is 5.86. The summed E-state index contributed by atoms with van der Waals surface area (Å²) in [5, 5.41) is 3.14. The van der Waals surface area contributed by atoms with Gasteiger partial charge in [-0.15, -0.1) is 0 Å². The quantitative estimate of drug-likeness (QED) is 0.592. The van der Waals surface area contributed by atoms with Crippen LogP contribution in [0.3, 0.4) is 0 Å². The highest BCUT2D eigenvalue weighted by Gasteiger charge is 2.40. The molecule has 1 unspecified atom stereocenters. The maximum absolute atomic E-state index is 12.0. The molecular formula is C12H23NO4. The van der Waals surface area contributed by atoms with E-state index in [1.54, 1.807) is 14.2 Å². The number of esters is 1. The fraction of sp³-hybridized carbons (Fsp3) is 0.917. The molecule has 1 aliphatic heterocycles. The third-order valence-electron chi connectivity index (χ3n) is 2.83. The summed E-state index contributed by atoms with van der Waals surface area (Å²) in [7, 11) is 3.17. The largest absolute Gasteiger partial charge is 0.460 e. The van der Waals surface area contributed by atoms with E-state index in [-0.39, 0.29) is 11.9 Å². The van der Waals surface area contributed by atoms with E-state index in [4.69, 9.17) is 14.2 Å². The lowest BCUT2D eigenvalue weighted by Crippen LogP contribution is -2.54. The molecule has 1 saturated heterocycles. The normalized spacial score (nSPS) is 24.4. The molecular weight excluding hydrogens is 222 g/mol. The highest BCUT2D eigenvalue weighted by atomic mass is 16.7. The van der Waals surface area contributed by atoms with E-state index in [9.17, 15) is 4.79 Å². The summed E-state index contributed by atoms with van der Waals surface area (Å²) in [6, 6.07) is 0. The molecule has 5 heteroatoms. The molecule has 0 aromatic heterocycles. The highest BCUT2D eigenvalue weighted by Crippen LogP contribution is 2.26. The molecule has 1 rings (SSSR count). The van der Waals surface area contributed by atoms with Gasteiger partial charge in [0.05, 0.1) is 5.92 Å². The van der Waals surface area contributed by atoms with Crippen LogP contribution in [0.2, 0.25) is 0 Å². The van der Waals surface area contributed by atoms with Gasteiger partial charge in [0.1, 0.15) is 5.60 Å². The van der Waals surface area contributed by atoms with E-state index in [0.29, 0.717) is 19.5 Å². The van der Waals surface area contributed by atoms with E-state index in [1.807, 2.05) is 20.8 Å². The number of methoxy groups -OCH3 is 2. The second-order valence-corrected chi connectivity index (χ2v) is 5.38. The summed E-state index contributed by atoms with van der Waals surface area (Å²) in [6.07, 6.45) is 0.516. The molecule has 1 aliphatic rings. The van der Waals surface area contributed by atoms with Crippen LogP contribution in [-0.4, -0.2) is 44.7 Å². The first-order chi connectivity index (χ1) is 7.82. The molecule has 5 nitrogen and oxygen atoms in total. The topological polar surface area (TPSA) is 56.8 Å². The van der Waals surface area contributed by atoms with Gasteiger partial charge in [-0.05, 0) is 20.8 Å². The smallest absolute Gasteiger partial charge is 0.310 e. The maximum Gasteiger partial charge on any atom is 0.310 e. The second kappa shape index (κ2) is 5.33. The summed E-state index contributed by atoms with van der Waals surface area (Å²) in [5.74, 6) is -1.16. The minimum absolute atomic E-state index is 0.205. The van der Waals surface area contributed by atoms with E-state index in [1.165, 1.54) is 0 Å². The summed E-state index contributed by atoms with van der Waals surface area (Å²) in [5.41, 5.74) is -0.461. The van der Waals surface area contributed by atoms with Crippen molar-refractivity contribution in [2.45, 2.75) is 38.6 Å². The van der Waals surface area contributed by atoms with Crippen molar-refractivity contribution in [3.63, 3.8) is 0 Å². The number of ether oxygens (including phenoxy) is 3. The lowest BCUT2D eigenvalue weighted by molar-refractivity contribution is -0.226. The Labute approximate surface area is 103 Å². The van der Waals surface area contributed by atoms with Crippen LogP contribution in [0.25, 0.3) is 0 Å². The van der Waals surface area contributed by atoms with Crippen LogP contribution in [0.1, 0.15) is 27.2 Å². The monoisotopic (exact) mass is 245 g/mol. The minimum Gasteiger partial charge on any atom is -0.460 e. The van der Waals surface area contributed by atoms with Gasteiger partial charge in [-0.1, -0.05) is 0 Å². The Bertz CT molecular complexity index is 268. The van der Waals surface area contributed by atoms with Gasteiger partial charge in [-0.3, -0.25) is 4.79 Å². The number of carbonyl (C=O) groups excluding carboxylic acids is 1. The number of hydrogen-bond acceptors (Lipinski definition) is 5. The molecule has 0 bridgehead atoms. The Morgan fingerprint density at radius 3 is 2.35 bits per heavy atom. The third-order valence-corrected chi connectivity index (χ3v) is 2.83. The molecule has 1 N–H and O–H groups in total. The van der Waals surface area contributed by atoms with Crippen molar-refractivity contribution in [2.75, 3.05) is 27.3 Å². The molecule has 0 saturated carbocycles. The summed E-state index contributed by atoms with van der Waals surface area (Å²) in [4.78, 5) is 12.0. The number of carbonyl (C=O) groups is 1. The van der Waals surface area contributed by atoms with E-state index in [0.717, 1.165) is 0 Å². The second-order valence-electron chi connectivity index (χ2n) is 5.38. The van der Waals surface area contributed by atoms with Crippen molar-refractivity contribution >= 4 is 5.97 Å². The Hall–Kier alpha value is -0.650. The van der Waals surface area contributed by atoms with Crippen molar-refractivity contribution in [3.05, 3.63) is 0 Å². The molecule has 0 aromatic carbocycles. The lowest BCUT2D eigenvalue weighted by atomic mass is 9.94. The predicted octanol–water partition coefficient (Wildman–Crippen LogP) is 0.927. The summed E-state index contributed by atoms with van der Waals surface area (Å²) >= 11 is 0. The first-order valence-electron chi connectivity index (χ1n) is 5.86. The zero-order valence-corrected chi connectivity index (χ0v) is 11.3. The van der Waals surface area contributed by atoms with Crippen molar-refractivity contribution in [1.82, 2.24) is 5.32 Å². The average Bonchev–Trinajstić information content (AvgIpc) is 2.27. The molecule has 0 aromatic rings. The standard InChI is InChI=1S/C12H23NO4/c1-11(2,3)17-10(14)9-6-12(15-4,16-5)8-13-7-9/h9,13H,6-8H2,1-5H3. The molecule has 1 heterocycles. The molecule has 1 fully saturated rings. The fourth-order valence-corrected chi connectivity index (χ4v) is 1.90. The lowest BCUT2D eigenvalue weighted by Gasteiger charge is -2.38. The molecule has 100 valence electrons. The molecule has 0 amide bonds. The summed E-state index contributed by atoms with van der Waals surface area (Å²) in [6.45, 7) is 6.77. The van der Waals surface area contributed by atoms with Crippen LogP contribution < -0.4 is 5.32 Å². The maximum atomic E-state index is 12.0. The zero-order chi connectivity index (χ0) is 13.1. The van der Waals surface area contributed by atoms with Crippen LogP contribution in [0, 0.1) is 5.92 Å². The van der Waals surface area contributed by atoms with Crippen molar-refractivity contribution in [1.29, 1.82) is 0 Å². The molecule has 0 radical (unpaired) electrons.